The normalized spacial score (nSPS) is 16.3. The number of nitrogens with zero attached hydrogens (tertiary/aromatic N) is 2. The van der Waals surface area contributed by atoms with Crippen molar-refractivity contribution in [2.45, 2.75) is 36.2 Å². The molecule has 1 saturated carbocycles. The Hall–Kier alpha value is -3.00. The number of nitrogens with one attached hydrogen (secondary N) is 1. The Morgan fingerprint density at radius 3 is 2.73 bits per heavy atom. The quantitative estimate of drug-likeness (QED) is 0.499. The molecule has 2 aromatic carbocycles. The average Bonchev–Trinajstić information content (AvgIpc) is 3.59. The largest absolute Gasteiger partial charge is 0.486 e. The van der Waals surface area contributed by atoms with Gasteiger partial charge >= 0.3 is 0 Å². The molecule has 7 nitrogen and oxygen atoms in total. The van der Waals surface area contributed by atoms with Gasteiger partial charge in [0.05, 0.1) is 16.2 Å². The van der Waals surface area contributed by atoms with E-state index in [4.69, 9.17) is 14.5 Å². The molecule has 2 heterocycles. The SMILES string of the molecule is CC(Sc1nc2ccccc2c(=O)n1C1CC1)C(=O)Nc1ccc2c(c1)OCCO2. The molecule has 0 spiro atoms. The number of amides is 1. The summed E-state index contributed by atoms with van der Waals surface area (Å²) in [5, 5.41) is 3.69. The number of fused-ring (bicyclic) bond motifs is 2. The second kappa shape index (κ2) is 7.68. The predicted molar refractivity (Wildman–Crippen MR) is 116 cm³/mol. The first-order valence-electron chi connectivity index (χ1n) is 9.98. The summed E-state index contributed by atoms with van der Waals surface area (Å²) in [6.07, 6.45) is 1.93. The lowest BCUT2D eigenvalue weighted by atomic mass is 10.2. The Morgan fingerprint density at radius 2 is 1.93 bits per heavy atom. The van der Waals surface area contributed by atoms with Gasteiger partial charge in [-0.2, -0.15) is 0 Å². The topological polar surface area (TPSA) is 82.5 Å². The molecular weight excluding hydrogens is 402 g/mol. The molecule has 1 unspecified atom stereocenters. The van der Waals surface area contributed by atoms with Crippen molar-refractivity contribution in [1.82, 2.24) is 9.55 Å². The summed E-state index contributed by atoms with van der Waals surface area (Å²) in [6.45, 7) is 2.83. The molecule has 1 amide bonds. The first-order valence-corrected chi connectivity index (χ1v) is 10.9. The lowest BCUT2D eigenvalue weighted by Gasteiger charge is -2.19. The molecule has 30 heavy (non-hydrogen) atoms. The third-order valence-corrected chi connectivity index (χ3v) is 6.22. The second-order valence-electron chi connectivity index (χ2n) is 7.43. The minimum absolute atomic E-state index is 0.0370. The van der Waals surface area contributed by atoms with Crippen LogP contribution in [-0.2, 0) is 4.79 Å². The molecule has 154 valence electrons. The molecule has 5 rings (SSSR count). The van der Waals surface area contributed by atoms with E-state index >= 15 is 0 Å². The Morgan fingerprint density at radius 1 is 1.17 bits per heavy atom. The summed E-state index contributed by atoms with van der Waals surface area (Å²) in [5.41, 5.74) is 1.26. The molecule has 0 radical (unpaired) electrons. The summed E-state index contributed by atoms with van der Waals surface area (Å²) in [5.74, 6) is 1.13. The Kier molecular flexibility index (Phi) is 4.86. The van der Waals surface area contributed by atoms with Crippen molar-refractivity contribution in [3.05, 3.63) is 52.8 Å². The predicted octanol–water partition coefficient (Wildman–Crippen LogP) is 3.62. The summed E-state index contributed by atoms with van der Waals surface area (Å²) >= 11 is 1.31. The Bertz CT molecular complexity index is 1190. The van der Waals surface area contributed by atoms with E-state index in [1.807, 2.05) is 25.1 Å². The number of carbonyl (C=O) groups excluding carboxylic acids is 1. The highest BCUT2D eigenvalue weighted by atomic mass is 32.2. The van der Waals surface area contributed by atoms with Crippen molar-refractivity contribution in [2.75, 3.05) is 18.5 Å². The molecule has 1 atom stereocenters. The first kappa shape index (κ1) is 19.0. The van der Waals surface area contributed by atoms with Gasteiger partial charge in [-0.25, -0.2) is 4.98 Å². The van der Waals surface area contributed by atoms with Gasteiger partial charge in [-0.3, -0.25) is 14.2 Å². The zero-order valence-electron chi connectivity index (χ0n) is 16.5. The zero-order chi connectivity index (χ0) is 20.7. The van der Waals surface area contributed by atoms with Crippen LogP contribution in [-0.4, -0.2) is 33.9 Å². The zero-order valence-corrected chi connectivity index (χ0v) is 17.3. The molecule has 8 heteroatoms. The summed E-state index contributed by atoms with van der Waals surface area (Å²) in [6, 6.07) is 12.9. The van der Waals surface area contributed by atoms with Crippen LogP contribution in [0.25, 0.3) is 10.9 Å². The number of ether oxygens (including phenoxy) is 2. The highest BCUT2D eigenvalue weighted by molar-refractivity contribution is 8.00. The van der Waals surface area contributed by atoms with E-state index in [0.29, 0.717) is 46.5 Å². The summed E-state index contributed by atoms with van der Waals surface area (Å²) in [7, 11) is 0. The van der Waals surface area contributed by atoms with Crippen molar-refractivity contribution in [3.63, 3.8) is 0 Å². The fraction of sp³-hybridized carbons (Fsp3) is 0.318. The van der Waals surface area contributed by atoms with E-state index < -0.39 is 5.25 Å². The maximum Gasteiger partial charge on any atom is 0.262 e. The van der Waals surface area contributed by atoms with E-state index in [1.54, 1.807) is 28.8 Å². The van der Waals surface area contributed by atoms with Crippen LogP contribution in [0.1, 0.15) is 25.8 Å². The van der Waals surface area contributed by atoms with Crippen LogP contribution >= 0.6 is 11.8 Å². The second-order valence-corrected chi connectivity index (χ2v) is 8.73. The van der Waals surface area contributed by atoms with Crippen LogP contribution in [0.2, 0.25) is 0 Å². The van der Waals surface area contributed by atoms with Crippen LogP contribution in [0.15, 0.2) is 52.4 Å². The van der Waals surface area contributed by atoms with Gasteiger partial charge in [-0.1, -0.05) is 23.9 Å². The van der Waals surface area contributed by atoms with E-state index in [-0.39, 0.29) is 17.5 Å². The molecule has 1 N–H and O–H groups in total. The smallest absolute Gasteiger partial charge is 0.262 e. The van der Waals surface area contributed by atoms with E-state index in [1.165, 1.54) is 11.8 Å². The van der Waals surface area contributed by atoms with E-state index in [2.05, 4.69) is 5.32 Å². The van der Waals surface area contributed by atoms with E-state index in [9.17, 15) is 9.59 Å². The molecule has 0 saturated heterocycles. The first-order chi connectivity index (χ1) is 14.6. The van der Waals surface area contributed by atoms with Crippen LogP contribution in [0.3, 0.4) is 0 Å². The molecule has 1 aliphatic carbocycles. The van der Waals surface area contributed by atoms with Gasteiger partial charge in [-0.05, 0) is 44.0 Å². The number of thioether (sulfide) groups is 1. The van der Waals surface area contributed by atoms with Gasteiger partial charge in [0, 0.05) is 17.8 Å². The van der Waals surface area contributed by atoms with Crippen molar-refractivity contribution in [2.24, 2.45) is 0 Å². The monoisotopic (exact) mass is 423 g/mol. The van der Waals surface area contributed by atoms with Crippen LogP contribution < -0.4 is 20.3 Å². The minimum Gasteiger partial charge on any atom is -0.486 e. The van der Waals surface area contributed by atoms with Crippen LogP contribution in [0.4, 0.5) is 5.69 Å². The molecule has 1 aliphatic heterocycles. The number of hydrogen-bond acceptors (Lipinski definition) is 6. The van der Waals surface area contributed by atoms with Gasteiger partial charge in [0.1, 0.15) is 13.2 Å². The Balaban J connectivity index is 1.38. The maximum atomic E-state index is 13.0. The minimum atomic E-state index is -0.434. The molecule has 2 aliphatic rings. The van der Waals surface area contributed by atoms with Gasteiger partial charge in [0.2, 0.25) is 5.91 Å². The lowest BCUT2D eigenvalue weighted by Crippen LogP contribution is -2.26. The summed E-state index contributed by atoms with van der Waals surface area (Å²) in [4.78, 5) is 30.5. The van der Waals surface area contributed by atoms with Gasteiger partial charge in [-0.15, -0.1) is 0 Å². The molecule has 1 fully saturated rings. The fourth-order valence-electron chi connectivity index (χ4n) is 3.44. The molecule has 3 aromatic rings. The number of hydrogen-bond donors (Lipinski definition) is 1. The van der Waals surface area contributed by atoms with E-state index in [0.717, 1.165) is 12.8 Å². The lowest BCUT2D eigenvalue weighted by molar-refractivity contribution is -0.115. The molecular formula is C22H21N3O4S. The number of anilines is 1. The van der Waals surface area contributed by atoms with Crippen molar-refractivity contribution < 1.29 is 14.3 Å². The maximum absolute atomic E-state index is 13.0. The van der Waals surface area contributed by atoms with Gasteiger partial charge in [0.25, 0.3) is 5.56 Å². The van der Waals surface area contributed by atoms with Crippen LogP contribution in [0.5, 0.6) is 11.5 Å². The summed E-state index contributed by atoms with van der Waals surface area (Å²) < 4.78 is 12.8. The number of rotatable bonds is 5. The molecule has 1 aromatic heterocycles. The number of benzene rings is 2. The fourth-order valence-corrected chi connectivity index (χ4v) is 4.42. The van der Waals surface area contributed by atoms with Crippen LogP contribution in [0, 0.1) is 0 Å². The average molecular weight is 423 g/mol. The van der Waals surface area contributed by atoms with Gasteiger partial charge < -0.3 is 14.8 Å². The standard InChI is InChI=1S/C22H21N3O4S/c1-13(20(26)23-14-6-9-18-19(12-14)29-11-10-28-18)30-22-24-17-5-3-2-4-16(17)21(27)25(22)15-7-8-15/h2-6,9,12-13,15H,7-8,10-11H2,1H3,(H,23,26). The van der Waals surface area contributed by atoms with Gasteiger partial charge in [0.15, 0.2) is 16.7 Å². The van der Waals surface area contributed by atoms with Crippen molar-refractivity contribution >= 4 is 34.3 Å². The molecule has 0 bridgehead atoms. The number of carbonyl (C=O) groups is 1. The third kappa shape index (κ3) is 3.63. The number of aromatic nitrogens is 2. The highest BCUT2D eigenvalue weighted by Gasteiger charge is 2.30. The van der Waals surface area contributed by atoms with Crippen molar-refractivity contribution in [3.8, 4) is 11.5 Å². The number of para-hydroxylation sites is 1. The highest BCUT2D eigenvalue weighted by Crippen LogP contribution is 2.38. The van der Waals surface area contributed by atoms with Crippen molar-refractivity contribution in [1.29, 1.82) is 0 Å². The third-order valence-electron chi connectivity index (χ3n) is 5.15. The Labute approximate surface area is 177 Å².